The third kappa shape index (κ3) is 4.41. The van der Waals surface area contributed by atoms with E-state index in [0.29, 0.717) is 17.7 Å². The van der Waals surface area contributed by atoms with Crippen LogP contribution in [0.25, 0.3) is 0 Å². The van der Waals surface area contributed by atoms with Gasteiger partial charge in [-0.15, -0.1) is 0 Å². The van der Waals surface area contributed by atoms with Crippen LogP contribution in [0.5, 0.6) is 0 Å². The van der Waals surface area contributed by atoms with Gasteiger partial charge in [0.15, 0.2) is 0 Å². The van der Waals surface area contributed by atoms with E-state index in [1.54, 1.807) is 31.3 Å². The summed E-state index contributed by atoms with van der Waals surface area (Å²) in [4.78, 5) is 27.4. The molecule has 22 heavy (non-hydrogen) atoms. The second-order valence-electron chi connectivity index (χ2n) is 5.12. The Morgan fingerprint density at radius 1 is 1.23 bits per heavy atom. The normalized spacial score (nSPS) is 10.2. The lowest BCUT2D eigenvalue weighted by Gasteiger charge is -2.08. The summed E-state index contributed by atoms with van der Waals surface area (Å²) >= 11 is 0. The van der Waals surface area contributed by atoms with Gasteiger partial charge in [0.2, 0.25) is 11.8 Å². The number of aromatic nitrogens is 1. The molecule has 0 aliphatic rings. The van der Waals surface area contributed by atoms with Crippen LogP contribution in [-0.4, -0.2) is 16.8 Å². The molecule has 0 fully saturated rings. The third-order valence-electron chi connectivity index (χ3n) is 3.35. The third-order valence-corrected chi connectivity index (χ3v) is 3.35. The fourth-order valence-electron chi connectivity index (χ4n) is 2.16. The number of anilines is 1. The molecule has 0 aliphatic heterocycles. The predicted octanol–water partition coefficient (Wildman–Crippen LogP) is 2.45. The molecular formula is C17H19N3O2. The van der Waals surface area contributed by atoms with E-state index >= 15 is 0 Å². The summed E-state index contributed by atoms with van der Waals surface area (Å²) in [5.74, 6) is -0.584. The van der Waals surface area contributed by atoms with Crippen molar-refractivity contribution in [1.29, 1.82) is 0 Å². The average Bonchev–Trinajstić information content (AvgIpc) is 2.50. The number of carbonyl (C=O) groups is 2. The number of carbonyl (C=O) groups excluding carboxylic acids is 2. The van der Waals surface area contributed by atoms with Gasteiger partial charge in [0.25, 0.3) is 0 Å². The smallest absolute Gasteiger partial charge is 0.249 e. The van der Waals surface area contributed by atoms with Crippen LogP contribution >= 0.6 is 0 Å². The molecule has 0 atom stereocenters. The molecule has 5 nitrogen and oxygen atoms in total. The molecule has 0 radical (unpaired) electrons. The monoisotopic (exact) mass is 297 g/mol. The van der Waals surface area contributed by atoms with Crippen LogP contribution in [0.1, 0.15) is 34.5 Å². The molecule has 0 aliphatic carbocycles. The van der Waals surface area contributed by atoms with Gasteiger partial charge >= 0.3 is 0 Å². The van der Waals surface area contributed by atoms with E-state index in [4.69, 9.17) is 5.73 Å². The van der Waals surface area contributed by atoms with E-state index < -0.39 is 5.91 Å². The van der Waals surface area contributed by atoms with Crippen LogP contribution in [0.15, 0.2) is 42.6 Å². The van der Waals surface area contributed by atoms with Crippen molar-refractivity contribution in [2.24, 2.45) is 5.73 Å². The van der Waals surface area contributed by atoms with Gasteiger partial charge < -0.3 is 11.1 Å². The Morgan fingerprint density at radius 3 is 2.73 bits per heavy atom. The SMILES string of the molecule is Cc1ccc(NC(=O)CCCc2ccccn2)cc1C(N)=O. The Labute approximate surface area is 129 Å². The lowest BCUT2D eigenvalue weighted by molar-refractivity contribution is -0.116. The Bertz CT molecular complexity index is 669. The van der Waals surface area contributed by atoms with Crippen LogP contribution in [0.2, 0.25) is 0 Å². The minimum atomic E-state index is -0.497. The number of amides is 2. The molecule has 114 valence electrons. The van der Waals surface area contributed by atoms with Gasteiger partial charge in [0.1, 0.15) is 0 Å². The number of rotatable bonds is 6. The number of nitrogens with one attached hydrogen (secondary N) is 1. The highest BCUT2D eigenvalue weighted by Gasteiger charge is 2.08. The zero-order valence-electron chi connectivity index (χ0n) is 12.5. The number of benzene rings is 1. The molecule has 5 heteroatoms. The average molecular weight is 297 g/mol. The summed E-state index contributed by atoms with van der Waals surface area (Å²) in [5, 5.41) is 2.78. The topological polar surface area (TPSA) is 85.1 Å². The van der Waals surface area contributed by atoms with Crippen molar-refractivity contribution < 1.29 is 9.59 Å². The quantitative estimate of drug-likeness (QED) is 0.858. The Balaban J connectivity index is 1.87. The summed E-state index contributed by atoms with van der Waals surface area (Å²) in [7, 11) is 0. The van der Waals surface area contributed by atoms with E-state index in [1.807, 2.05) is 18.2 Å². The molecule has 0 spiro atoms. The zero-order valence-corrected chi connectivity index (χ0v) is 12.5. The molecule has 2 aromatic rings. The minimum absolute atomic E-state index is 0.0878. The van der Waals surface area contributed by atoms with Crippen molar-refractivity contribution in [1.82, 2.24) is 4.98 Å². The number of primary amides is 1. The predicted molar refractivity (Wildman–Crippen MR) is 85.5 cm³/mol. The molecule has 0 saturated carbocycles. The molecule has 0 bridgehead atoms. The summed E-state index contributed by atoms with van der Waals surface area (Å²) in [6.45, 7) is 1.80. The van der Waals surface area contributed by atoms with Gasteiger partial charge in [-0.2, -0.15) is 0 Å². The summed E-state index contributed by atoms with van der Waals surface area (Å²) in [6.07, 6.45) is 3.62. The molecule has 0 unspecified atom stereocenters. The Morgan fingerprint density at radius 2 is 2.05 bits per heavy atom. The molecular weight excluding hydrogens is 278 g/mol. The number of hydrogen-bond donors (Lipinski definition) is 2. The van der Waals surface area contributed by atoms with Crippen molar-refractivity contribution in [3.05, 3.63) is 59.4 Å². The maximum Gasteiger partial charge on any atom is 0.249 e. The lowest BCUT2D eigenvalue weighted by atomic mass is 10.1. The fraction of sp³-hybridized carbons (Fsp3) is 0.235. The molecule has 3 N–H and O–H groups in total. The lowest BCUT2D eigenvalue weighted by Crippen LogP contribution is -2.15. The van der Waals surface area contributed by atoms with Gasteiger partial charge in [-0.3, -0.25) is 14.6 Å². The van der Waals surface area contributed by atoms with Crippen LogP contribution in [0.4, 0.5) is 5.69 Å². The molecule has 1 heterocycles. The summed E-state index contributed by atoms with van der Waals surface area (Å²) in [6, 6.07) is 10.9. The first-order valence-corrected chi connectivity index (χ1v) is 7.16. The first kappa shape index (κ1) is 15.7. The van der Waals surface area contributed by atoms with Gasteiger partial charge in [0, 0.05) is 29.6 Å². The molecule has 1 aromatic heterocycles. The maximum absolute atomic E-state index is 11.9. The number of aryl methyl sites for hydroxylation is 2. The van der Waals surface area contributed by atoms with E-state index in [9.17, 15) is 9.59 Å². The van der Waals surface area contributed by atoms with Crippen LogP contribution in [0, 0.1) is 6.92 Å². The number of pyridine rings is 1. The van der Waals surface area contributed by atoms with Crippen molar-refractivity contribution >= 4 is 17.5 Å². The Hall–Kier alpha value is -2.69. The van der Waals surface area contributed by atoms with Crippen molar-refractivity contribution in [2.45, 2.75) is 26.2 Å². The van der Waals surface area contributed by atoms with E-state index in [1.165, 1.54) is 0 Å². The first-order chi connectivity index (χ1) is 10.6. The zero-order chi connectivity index (χ0) is 15.9. The van der Waals surface area contributed by atoms with Gasteiger partial charge in [-0.1, -0.05) is 12.1 Å². The number of hydrogen-bond acceptors (Lipinski definition) is 3. The highest BCUT2D eigenvalue weighted by atomic mass is 16.2. The van der Waals surface area contributed by atoms with Crippen molar-refractivity contribution in [2.75, 3.05) is 5.32 Å². The van der Waals surface area contributed by atoms with Crippen LogP contribution < -0.4 is 11.1 Å². The molecule has 2 rings (SSSR count). The second-order valence-corrected chi connectivity index (χ2v) is 5.12. The first-order valence-electron chi connectivity index (χ1n) is 7.16. The summed E-state index contributed by atoms with van der Waals surface area (Å²) in [5.41, 5.74) is 8.07. The van der Waals surface area contributed by atoms with E-state index in [-0.39, 0.29) is 5.91 Å². The molecule has 0 saturated heterocycles. The standard InChI is InChI=1S/C17H19N3O2/c1-12-8-9-14(11-15(12)17(18)22)20-16(21)7-4-6-13-5-2-3-10-19-13/h2-3,5,8-11H,4,6-7H2,1H3,(H2,18,22)(H,20,21). The maximum atomic E-state index is 11.9. The fourth-order valence-corrected chi connectivity index (χ4v) is 2.16. The highest BCUT2D eigenvalue weighted by molar-refractivity contribution is 5.97. The van der Waals surface area contributed by atoms with Crippen LogP contribution in [0.3, 0.4) is 0 Å². The summed E-state index contributed by atoms with van der Waals surface area (Å²) < 4.78 is 0. The van der Waals surface area contributed by atoms with E-state index in [2.05, 4.69) is 10.3 Å². The minimum Gasteiger partial charge on any atom is -0.366 e. The largest absolute Gasteiger partial charge is 0.366 e. The van der Waals surface area contributed by atoms with Gasteiger partial charge in [-0.25, -0.2) is 0 Å². The number of nitrogens with zero attached hydrogens (tertiary/aromatic N) is 1. The molecule has 2 amide bonds. The number of nitrogens with two attached hydrogens (primary N) is 1. The van der Waals surface area contributed by atoms with Gasteiger partial charge in [0.05, 0.1) is 0 Å². The molecule has 1 aromatic carbocycles. The van der Waals surface area contributed by atoms with Crippen molar-refractivity contribution in [3.63, 3.8) is 0 Å². The van der Waals surface area contributed by atoms with Crippen LogP contribution in [-0.2, 0) is 11.2 Å². The second kappa shape index (κ2) is 7.36. The van der Waals surface area contributed by atoms with E-state index in [0.717, 1.165) is 24.1 Å². The van der Waals surface area contributed by atoms with Gasteiger partial charge in [-0.05, 0) is 49.6 Å². The Kier molecular flexibility index (Phi) is 5.25. The highest BCUT2D eigenvalue weighted by Crippen LogP contribution is 2.15. The van der Waals surface area contributed by atoms with Crippen molar-refractivity contribution in [3.8, 4) is 0 Å².